The maximum atomic E-state index is 4.66. The molecule has 1 N–H and O–H groups in total. The van der Waals surface area contributed by atoms with Crippen molar-refractivity contribution in [2.45, 2.75) is 26.3 Å². The summed E-state index contributed by atoms with van der Waals surface area (Å²) in [6.07, 6.45) is 5.55. The highest BCUT2D eigenvalue weighted by atomic mass is 32.1. The summed E-state index contributed by atoms with van der Waals surface area (Å²) in [4.78, 5) is 5.15. The SMILES string of the molecule is CCn1cc(Nc2nn3c(C(C)c4ccc5ncccc5c4)nnc3s2)cn1. The molecule has 1 aromatic carbocycles. The van der Waals surface area contributed by atoms with Gasteiger partial charge in [-0.25, -0.2) is 0 Å². The van der Waals surface area contributed by atoms with E-state index in [0.717, 1.165) is 44.6 Å². The molecule has 0 aliphatic carbocycles. The average molecular weight is 390 g/mol. The van der Waals surface area contributed by atoms with Crippen LogP contribution < -0.4 is 5.32 Å². The Balaban J connectivity index is 1.47. The van der Waals surface area contributed by atoms with Crippen molar-refractivity contribution < 1.29 is 0 Å². The number of anilines is 2. The van der Waals surface area contributed by atoms with Gasteiger partial charge in [-0.2, -0.15) is 9.61 Å². The Bertz CT molecular complexity index is 1270. The third-order valence-corrected chi connectivity index (χ3v) is 5.55. The lowest BCUT2D eigenvalue weighted by Gasteiger charge is -2.10. The van der Waals surface area contributed by atoms with E-state index < -0.39 is 0 Å². The summed E-state index contributed by atoms with van der Waals surface area (Å²) in [5.74, 6) is 0.865. The monoisotopic (exact) mass is 390 g/mol. The molecule has 0 aliphatic heterocycles. The van der Waals surface area contributed by atoms with Crippen molar-refractivity contribution in [3.8, 4) is 0 Å². The van der Waals surface area contributed by atoms with Crippen LogP contribution >= 0.6 is 11.3 Å². The quantitative estimate of drug-likeness (QED) is 0.491. The van der Waals surface area contributed by atoms with Crippen LogP contribution in [0.1, 0.15) is 31.2 Å². The first-order chi connectivity index (χ1) is 13.7. The van der Waals surface area contributed by atoms with E-state index in [2.05, 4.69) is 62.7 Å². The first kappa shape index (κ1) is 16.8. The van der Waals surface area contributed by atoms with Gasteiger partial charge in [0.1, 0.15) is 0 Å². The highest BCUT2D eigenvalue weighted by molar-refractivity contribution is 7.20. The van der Waals surface area contributed by atoms with Crippen molar-refractivity contribution in [1.82, 2.24) is 34.6 Å². The molecule has 5 rings (SSSR count). The maximum absolute atomic E-state index is 4.66. The molecule has 0 radical (unpaired) electrons. The third kappa shape index (κ3) is 2.89. The highest BCUT2D eigenvalue weighted by Gasteiger charge is 2.19. The smallest absolute Gasteiger partial charge is 0.236 e. The Morgan fingerprint density at radius 3 is 3.00 bits per heavy atom. The van der Waals surface area contributed by atoms with Crippen LogP contribution in [0.5, 0.6) is 0 Å². The minimum atomic E-state index is 0.0531. The number of benzene rings is 1. The van der Waals surface area contributed by atoms with Gasteiger partial charge in [-0.3, -0.25) is 9.67 Å². The summed E-state index contributed by atoms with van der Waals surface area (Å²) in [6.45, 7) is 5.00. The standard InChI is InChI=1S/C19H18N8S/c1-3-26-11-15(10-21-26)22-18-25-27-17(23-24-19(27)28-18)12(2)13-6-7-16-14(9-13)5-4-8-20-16/h4-12H,3H2,1-2H3,(H,22,25). The van der Waals surface area contributed by atoms with Crippen LogP contribution in [0.2, 0.25) is 0 Å². The number of hydrogen-bond acceptors (Lipinski definition) is 7. The molecular weight excluding hydrogens is 372 g/mol. The molecule has 4 aromatic heterocycles. The van der Waals surface area contributed by atoms with Gasteiger partial charge in [-0.15, -0.1) is 15.3 Å². The summed E-state index contributed by atoms with van der Waals surface area (Å²) >= 11 is 1.47. The second kappa shape index (κ2) is 6.68. The fourth-order valence-electron chi connectivity index (χ4n) is 3.19. The molecule has 9 heteroatoms. The Morgan fingerprint density at radius 1 is 1.21 bits per heavy atom. The molecule has 4 heterocycles. The Kier molecular flexibility index (Phi) is 4.01. The van der Waals surface area contributed by atoms with Gasteiger partial charge in [0.2, 0.25) is 10.1 Å². The molecule has 1 unspecified atom stereocenters. The van der Waals surface area contributed by atoms with Crippen molar-refractivity contribution >= 4 is 38.0 Å². The van der Waals surface area contributed by atoms with Gasteiger partial charge in [-0.05, 0) is 30.7 Å². The maximum Gasteiger partial charge on any atom is 0.236 e. The number of nitrogens with zero attached hydrogens (tertiary/aromatic N) is 7. The average Bonchev–Trinajstić information content (AvgIpc) is 3.43. The lowest BCUT2D eigenvalue weighted by atomic mass is 9.99. The molecule has 5 aromatic rings. The molecule has 8 nitrogen and oxygen atoms in total. The zero-order valence-electron chi connectivity index (χ0n) is 15.4. The number of pyridine rings is 1. The lowest BCUT2D eigenvalue weighted by Crippen LogP contribution is -2.04. The summed E-state index contributed by atoms with van der Waals surface area (Å²) < 4.78 is 3.68. The van der Waals surface area contributed by atoms with Crippen molar-refractivity contribution in [2.75, 3.05) is 5.32 Å². The molecule has 0 bridgehead atoms. The van der Waals surface area contributed by atoms with Crippen LogP contribution in [-0.2, 0) is 6.54 Å². The number of aromatic nitrogens is 7. The zero-order chi connectivity index (χ0) is 19.1. The van der Waals surface area contributed by atoms with Crippen molar-refractivity contribution in [3.05, 3.63) is 60.3 Å². The topological polar surface area (TPSA) is 85.8 Å². The minimum absolute atomic E-state index is 0.0531. The van der Waals surface area contributed by atoms with Crippen LogP contribution in [0.25, 0.3) is 15.9 Å². The molecule has 0 saturated carbocycles. The molecule has 0 fully saturated rings. The first-order valence-electron chi connectivity index (χ1n) is 9.07. The molecular formula is C19H18N8S. The van der Waals surface area contributed by atoms with E-state index in [0.29, 0.717) is 0 Å². The minimum Gasteiger partial charge on any atom is -0.327 e. The summed E-state index contributed by atoms with van der Waals surface area (Å²) in [5.41, 5.74) is 3.04. The van der Waals surface area contributed by atoms with Gasteiger partial charge in [0.05, 0.1) is 17.4 Å². The van der Waals surface area contributed by atoms with Gasteiger partial charge in [0.15, 0.2) is 5.82 Å². The van der Waals surface area contributed by atoms with E-state index >= 15 is 0 Å². The van der Waals surface area contributed by atoms with Crippen LogP contribution in [0.4, 0.5) is 10.8 Å². The van der Waals surface area contributed by atoms with E-state index in [1.54, 1.807) is 6.20 Å². The van der Waals surface area contributed by atoms with Gasteiger partial charge in [0.25, 0.3) is 0 Å². The number of aryl methyl sites for hydroxylation is 1. The fraction of sp³-hybridized carbons (Fsp3) is 0.211. The van der Waals surface area contributed by atoms with Crippen molar-refractivity contribution in [1.29, 1.82) is 0 Å². The Morgan fingerprint density at radius 2 is 2.14 bits per heavy atom. The molecule has 0 spiro atoms. The number of hydrogen-bond donors (Lipinski definition) is 1. The Hall–Kier alpha value is -3.33. The largest absolute Gasteiger partial charge is 0.327 e. The van der Waals surface area contributed by atoms with Crippen LogP contribution in [0.15, 0.2) is 48.9 Å². The lowest BCUT2D eigenvalue weighted by molar-refractivity contribution is 0.660. The normalized spacial score (nSPS) is 12.6. The van der Waals surface area contributed by atoms with Crippen LogP contribution in [0.3, 0.4) is 0 Å². The van der Waals surface area contributed by atoms with E-state index in [-0.39, 0.29) is 5.92 Å². The Labute approximate surface area is 164 Å². The predicted octanol–water partition coefficient (Wildman–Crippen LogP) is 3.85. The van der Waals surface area contributed by atoms with Crippen molar-refractivity contribution in [3.63, 3.8) is 0 Å². The second-order valence-electron chi connectivity index (χ2n) is 6.55. The molecule has 140 valence electrons. The highest BCUT2D eigenvalue weighted by Crippen LogP contribution is 2.29. The molecule has 0 amide bonds. The van der Waals surface area contributed by atoms with E-state index in [1.165, 1.54) is 11.3 Å². The fourth-order valence-corrected chi connectivity index (χ4v) is 3.96. The molecule has 28 heavy (non-hydrogen) atoms. The molecule has 1 atom stereocenters. The van der Waals surface area contributed by atoms with Crippen LogP contribution in [-0.4, -0.2) is 34.6 Å². The van der Waals surface area contributed by atoms with Gasteiger partial charge in [-0.1, -0.05) is 30.4 Å². The first-order valence-corrected chi connectivity index (χ1v) is 9.89. The van der Waals surface area contributed by atoms with Gasteiger partial charge in [0, 0.05) is 30.2 Å². The van der Waals surface area contributed by atoms with E-state index in [9.17, 15) is 0 Å². The number of rotatable bonds is 5. The molecule has 0 aliphatic rings. The summed E-state index contributed by atoms with van der Waals surface area (Å²) in [7, 11) is 0. The van der Waals surface area contributed by atoms with E-state index in [1.807, 2.05) is 33.7 Å². The second-order valence-corrected chi connectivity index (χ2v) is 7.50. The number of fused-ring (bicyclic) bond motifs is 2. The van der Waals surface area contributed by atoms with Crippen molar-refractivity contribution in [2.24, 2.45) is 0 Å². The van der Waals surface area contributed by atoms with Crippen LogP contribution in [0, 0.1) is 0 Å². The predicted molar refractivity (Wildman–Crippen MR) is 109 cm³/mol. The summed E-state index contributed by atoms with van der Waals surface area (Å²) in [6, 6.07) is 10.3. The van der Waals surface area contributed by atoms with Gasteiger partial charge < -0.3 is 5.32 Å². The van der Waals surface area contributed by atoms with Gasteiger partial charge >= 0.3 is 0 Å². The van der Waals surface area contributed by atoms with E-state index in [4.69, 9.17) is 0 Å². The number of nitrogens with one attached hydrogen (secondary N) is 1. The molecule has 0 saturated heterocycles. The zero-order valence-corrected chi connectivity index (χ0v) is 16.3. The third-order valence-electron chi connectivity index (χ3n) is 4.74. The summed E-state index contributed by atoms with van der Waals surface area (Å²) in [5, 5.41) is 22.8.